The summed E-state index contributed by atoms with van der Waals surface area (Å²) in [5.74, 6) is -0.0228. The molecule has 0 aliphatic rings. The average molecular weight is 381 g/mol. The van der Waals surface area contributed by atoms with Crippen molar-refractivity contribution in [2.75, 3.05) is 6.54 Å². The molecule has 0 aliphatic heterocycles. The van der Waals surface area contributed by atoms with E-state index in [1.165, 1.54) is 11.3 Å². The summed E-state index contributed by atoms with van der Waals surface area (Å²) >= 11 is 1.43. The highest BCUT2D eigenvalue weighted by Gasteiger charge is 2.08. The van der Waals surface area contributed by atoms with E-state index in [-0.39, 0.29) is 18.4 Å². The Hall–Kier alpha value is -3.19. The summed E-state index contributed by atoms with van der Waals surface area (Å²) in [5.41, 5.74) is 2.48. The molecule has 0 radical (unpaired) electrons. The molecule has 6 nitrogen and oxygen atoms in total. The summed E-state index contributed by atoms with van der Waals surface area (Å²) in [7, 11) is 0. The van der Waals surface area contributed by atoms with Crippen molar-refractivity contribution in [2.24, 2.45) is 0 Å². The lowest BCUT2D eigenvalue weighted by atomic mass is 10.2. The van der Waals surface area contributed by atoms with Gasteiger partial charge in [0.2, 0.25) is 11.8 Å². The van der Waals surface area contributed by atoms with Crippen molar-refractivity contribution in [1.29, 1.82) is 0 Å². The van der Waals surface area contributed by atoms with E-state index < -0.39 is 0 Å². The Kier molecular flexibility index (Phi) is 6.54. The first-order valence-electron chi connectivity index (χ1n) is 8.39. The van der Waals surface area contributed by atoms with Crippen molar-refractivity contribution in [3.63, 3.8) is 0 Å². The minimum absolute atomic E-state index is 0.0723. The smallest absolute Gasteiger partial charge is 0.252 e. The summed E-state index contributed by atoms with van der Waals surface area (Å²) in [6.07, 6.45) is 1.64. The number of nitrogens with zero attached hydrogens (tertiary/aromatic N) is 1. The van der Waals surface area contributed by atoms with Gasteiger partial charge in [0.1, 0.15) is 6.61 Å². The lowest BCUT2D eigenvalue weighted by Gasteiger charge is -2.09. The van der Waals surface area contributed by atoms with Crippen LogP contribution in [0.15, 0.2) is 65.5 Å². The number of thiophene rings is 1. The maximum absolute atomic E-state index is 11.9. The van der Waals surface area contributed by atoms with Crippen LogP contribution in [0, 0.1) is 0 Å². The summed E-state index contributed by atoms with van der Waals surface area (Å²) in [6.45, 7) is 0.687. The standard InChI is InChI=1S/C20H19N3O3S/c24-18(12-23-20(25)17-7-9-27-14-17)22-11-16-6-8-21-19(10-16)26-13-15-4-2-1-3-5-15/h1-10,14H,11-13H2,(H,22,24)(H,23,25). The summed E-state index contributed by atoms with van der Waals surface area (Å²) in [5, 5.41) is 8.91. The number of aromatic nitrogens is 1. The fourth-order valence-corrected chi connectivity index (χ4v) is 2.93. The zero-order chi connectivity index (χ0) is 18.9. The molecule has 2 aromatic heterocycles. The Labute approximate surface area is 161 Å². The molecule has 0 unspecified atom stereocenters. The number of benzene rings is 1. The van der Waals surface area contributed by atoms with E-state index in [9.17, 15) is 9.59 Å². The molecule has 0 fully saturated rings. The molecule has 3 aromatic rings. The van der Waals surface area contributed by atoms with E-state index in [1.54, 1.807) is 29.8 Å². The van der Waals surface area contributed by atoms with E-state index >= 15 is 0 Å². The number of nitrogens with one attached hydrogen (secondary N) is 2. The Morgan fingerprint density at radius 2 is 1.89 bits per heavy atom. The maximum Gasteiger partial charge on any atom is 0.252 e. The van der Waals surface area contributed by atoms with E-state index in [1.807, 2.05) is 35.7 Å². The summed E-state index contributed by atoms with van der Waals surface area (Å²) in [6, 6.07) is 15.1. The second-order valence-corrected chi connectivity index (χ2v) is 6.53. The Morgan fingerprint density at radius 3 is 2.67 bits per heavy atom. The van der Waals surface area contributed by atoms with Crippen molar-refractivity contribution in [3.05, 3.63) is 82.2 Å². The van der Waals surface area contributed by atoms with Gasteiger partial charge in [-0.2, -0.15) is 11.3 Å². The molecule has 2 heterocycles. The van der Waals surface area contributed by atoms with Crippen molar-refractivity contribution in [3.8, 4) is 5.88 Å². The van der Waals surface area contributed by atoms with Crippen LogP contribution < -0.4 is 15.4 Å². The Balaban J connectivity index is 1.43. The fraction of sp³-hybridized carbons (Fsp3) is 0.150. The van der Waals surface area contributed by atoms with Gasteiger partial charge in [0.25, 0.3) is 5.91 Å². The molecular formula is C20H19N3O3S. The molecule has 138 valence electrons. The predicted molar refractivity (Wildman–Crippen MR) is 104 cm³/mol. The molecule has 3 rings (SSSR count). The summed E-state index contributed by atoms with van der Waals surface area (Å²) in [4.78, 5) is 27.9. The van der Waals surface area contributed by atoms with Crippen LogP contribution in [-0.4, -0.2) is 23.3 Å². The lowest BCUT2D eigenvalue weighted by Crippen LogP contribution is -2.36. The van der Waals surface area contributed by atoms with E-state index in [0.29, 0.717) is 24.6 Å². The molecule has 0 saturated carbocycles. The first-order valence-corrected chi connectivity index (χ1v) is 9.34. The zero-order valence-electron chi connectivity index (χ0n) is 14.6. The fourth-order valence-electron chi connectivity index (χ4n) is 2.29. The number of rotatable bonds is 8. The van der Waals surface area contributed by atoms with E-state index in [2.05, 4.69) is 15.6 Å². The molecule has 0 spiro atoms. The van der Waals surface area contributed by atoms with Gasteiger partial charge >= 0.3 is 0 Å². The van der Waals surface area contributed by atoms with Gasteiger partial charge in [0.05, 0.1) is 6.54 Å². The zero-order valence-corrected chi connectivity index (χ0v) is 15.4. The van der Waals surface area contributed by atoms with Crippen molar-refractivity contribution in [1.82, 2.24) is 15.6 Å². The van der Waals surface area contributed by atoms with Crippen LogP contribution in [-0.2, 0) is 17.9 Å². The largest absolute Gasteiger partial charge is 0.473 e. The van der Waals surface area contributed by atoms with Crippen LogP contribution in [0.2, 0.25) is 0 Å². The molecule has 27 heavy (non-hydrogen) atoms. The lowest BCUT2D eigenvalue weighted by molar-refractivity contribution is -0.120. The average Bonchev–Trinajstić information content (AvgIpc) is 3.25. The second kappa shape index (κ2) is 9.49. The maximum atomic E-state index is 11.9. The molecule has 2 amide bonds. The van der Waals surface area contributed by atoms with Crippen LogP contribution >= 0.6 is 11.3 Å². The quantitative estimate of drug-likeness (QED) is 0.629. The first-order chi connectivity index (χ1) is 13.2. The van der Waals surface area contributed by atoms with Crippen molar-refractivity contribution < 1.29 is 14.3 Å². The van der Waals surface area contributed by atoms with Crippen LogP contribution in [0.3, 0.4) is 0 Å². The Bertz CT molecular complexity index is 883. The van der Waals surface area contributed by atoms with E-state index in [4.69, 9.17) is 4.74 Å². The molecule has 7 heteroatoms. The molecule has 2 N–H and O–H groups in total. The van der Waals surface area contributed by atoms with Gasteiger partial charge in [-0.3, -0.25) is 9.59 Å². The first kappa shape index (κ1) is 18.6. The number of carbonyl (C=O) groups excluding carboxylic acids is 2. The van der Waals surface area contributed by atoms with Gasteiger partial charge in [-0.15, -0.1) is 0 Å². The van der Waals surface area contributed by atoms with Crippen molar-refractivity contribution >= 4 is 23.2 Å². The highest BCUT2D eigenvalue weighted by molar-refractivity contribution is 7.08. The van der Waals surface area contributed by atoms with E-state index in [0.717, 1.165) is 11.1 Å². The molecule has 1 aromatic carbocycles. The van der Waals surface area contributed by atoms with Gasteiger partial charge in [-0.05, 0) is 28.6 Å². The van der Waals surface area contributed by atoms with Crippen LogP contribution in [0.1, 0.15) is 21.5 Å². The number of amides is 2. The number of carbonyl (C=O) groups is 2. The summed E-state index contributed by atoms with van der Waals surface area (Å²) < 4.78 is 5.68. The topological polar surface area (TPSA) is 80.3 Å². The molecular weight excluding hydrogens is 362 g/mol. The van der Waals surface area contributed by atoms with Crippen molar-refractivity contribution in [2.45, 2.75) is 13.2 Å². The molecule has 0 bridgehead atoms. The highest BCUT2D eigenvalue weighted by atomic mass is 32.1. The number of pyridine rings is 1. The van der Waals surface area contributed by atoms with Gasteiger partial charge < -0.3 is 15.4 Å². The van der Waals surface area contributed by atoms with Crippen LogP contribution in [0.5, 0.6) is 5.88 Å². The normalized spacial score (nSPS) is 10.2. The SMILES string of the molecule is O=C(CNC(=O)c1ccsc1)NCc1ccnc(OCc2ccccc2)c1. The number of hydrogen-bond acceptors (Lipinski definition) is 5. The highest BCUT2D eigenvalue weighted by Crippen LogP contribution is 2.11. The van der Waals surface area contributed by atoms with Gasteiger partial charge in [-0.1, -0.05) is 30.3 Å². The molecule has 0 atom stereocenters. The monoisotopic (exact) mass is 381 g/mol. The third-order valence-electron chi connectivity index (χ3n) is 3.71. The van der Waals surface area contributed by atoms with Gasteiger partial charge in [0.15, 0.2) is 0 Å². The van der Waals surface area contributed by atoms with Gasteiger partial charge in [0, 0.05) is 29.8 Å². The van der Waals surface area contributed by atoms with Crippen LogP contribution in [0.25, 0.3) is 0 Å². The number of hydrogen-bond donors (Lipinski definition) is 2. The molecule has 0 saturated heterocycles. The minimum Gasteiger partial charge on any atom is -0.473 e. The minimum atomic E-state index is -0.262. The third-order valence-corrected chi connectivity index (χ3v) is 4.39. The molecule has 0 aliphatic carbocycles. The van der Waals surface area contributed by atoms with Crippen LogP contribution in [0.4, 0.5) is 0 Å². The Morgan fingerprint density at radius 1 is 1.04 bits per heavy atom. The van der Waals surface area contributed by atoms with Gasteiger partial charge in [-0.25, -0.2) is 4.98 Å². The number of ether oxygens (including phenoxy) is 1. The second-order valence-electron chi connectivity index (χ2n) is 5.75. The predicted octanol–water partition coefficient (Wildman–Crippen LogP) is 2.77. The third kappa shape index (κ3) is 5.93.